The van der Waals surface area contributed by atoms with Crippen LogP contribution in [0.4, 0.5) is 5.69 Å². The number of pyridine rings is 1. The van der Waals surface area contributed by atoms with Gasteiger partial charge in [0, 0.05) is 12.1 Å². The van der Waals surface area contributed by atoms with Gasteiger partial charge < -0.3 is 10.0 Å². The highest BCUT2D eigenvalue weighted by Crippen LogP contribution is 2.46. The molecule has 1 N–H and O–H groups in total. The Hall–Kier alpha value is -2.79. The van der Waals surface area contributed by atoms with Crippen molar-refractivity contribution >= 4 is 29.5 Å². The molecule has 1 unspecified atom stereocenters. The maximum atomic E-state index is 13.4. The Morgan fingerprint density at radius 2 is 2.03 bits per heavy atom. The maximum absolute atomic E-state index is 13.4. The number of amidine groups is 1. The van der Waals surface area contributed by atoms with Gasteiger partial charge in [0.05, 0.1) is 34.3 Å². The van der Waals surface area contributed by atoms with Crippen LogP contribution in [0.1, 0.15) is 48.3 Å². The average molecular weight is 387 g/mol. The Morgan fingerprint density at radius 1 is 1.21 bits per heavy atom. The summed E-state index contributed by atoms with van der Waals surface area (Å²) >= 11 is 0. The molecule has 1 aromatic carbocycles. The quantitative estimate of drug-likeness (QED) is 0.858. The van der Waals surface area contributed by atoms with Crippen LogP contribution in [0.25, 0.3) is 12.2 Å². The third-order valence-electron chi connectivity index (χ3n) is 6.68. The number of hydrogen-bond donors (Lipinski definition) is 1. The molecule has 5 nitrogen and oxygen atoms in total. The minimum Gasteiger partial charge on any atom is -0.390 e. The van der Waals surface area contributed by atoms with E-state index < -0.39 is 5.41 Å². The number of aromatic nitrogens is 1. The molecule has 3 heterocycles. The molecule has 1 aromatic heterocycles. The second-order valence-electron chi connectivity index (χ2n) is 8.86. The lowest BCUT2D eigenvalue weighted by molar-refractivity contribution is 0.0887. The number of aliphatic imine (C=N–C) groups is 1. The minimum absolute atomic E-state index is 0.0549. The molecule has 2 aliphatic heterocycles. The van der Waals surface area contributed by atoms with Crippen molar-refractivity contribution in [1.29, 1.82) is 0 Å². The zero-order valence-corrected chi connectivity index (χ0v) is 17.1. The number of Topliss-reactive ketones (excluding diaryl/α,β-unsaturated/α-hetero) is 1. The zero-order chi connectivity index (χ0) is 20.4. The Bertz CT molecular complexity index is 1200. The highest BCUT2D eigenvalue weighted by atomic mass is 16.3. The lowest BCUT2D eigenvalue weighted by Gasteiger charge is -2.41. The molecule has 0 bridgehead atoms. The standard InChI is InChI=1S/C24H25N3O2/c1-15-4-7-20-18(12-15)21(29)24(3)10-11-27(22(24)26-20)23(2)9-8-19-16(13-23)5-6-17(14-28)25-19/h4-8,12-13,28H,9-11,14H2,1-3H3/t23?,24-/m0/s1. The van der Waals surface area contributed by atoms with Gasteiger partial charge in [-0.15, -0.1) is 0 Å². The summed E-state index contributed by atoms with van der Waals surface area (Å²) in [6.07, 6.45) is 5.93. The lowest BCUT2D eigenvalue weighted by atomic mass is 9.77. The van der Waals surface area contributed by atoms with Crippen LogP contribution in [0.2, 0.25) is 0 Å². The van der Waals surface area contributed by atoms with Crippen molar-refractivity contribution in [3.8, 4) is 0 Å². The van der Waals surface area contributed by atoms with E-state index in [1.807, 2.05) is 44.2 Å². The van der Waals surface area contributed by atoms with Crippen molar-refractivity contribution in [2.75, 3.05) is 6.54 Å². The Balaban J connectivity index is 1.61. The number of aryl methyl sites for hydroxylation is 1. The predicted octanol–water partition coefficient (Wildman–Crippen LogP) is 2.24. The van der Waals surface area contributed by atoms with Crippen LogP contribution >= 0.6 is 0 Å². The minimum atomic E-state index is -0.573. The number of rotatable bonds is 2. The molecule has 0 amide bonds. The average Bonchev–Trinajstić information content (AvgIpc) is 3.07. The van der Waals surface area contributed by atoms with E-state index in [0.29, 0.717) is 5.69 Å². The number of aliphatic hydroxyl groups excluding tert-OH is 1. The van der Waals surface area contributed by atoms with Crippen LogP contribution < -0.4 is 10.6 Å². The van der Waals surface area contributed by atoms with Crippen molar-refractivity contribution < 1.29 is 9.90 Å². The third-order valence-corrected chi connectivity index (χ3v) is 6.68. The number of ketones is 1. The van der Waals surface area contributed by atoms with E-state index in [2.05, 4.69) is 29.0 Å². The topological polar surface area (TPSA) is 65.8 Å². The highest BCUT2D eigenvalue weighted by molar-refractivity contribution is 6.21. The fourth-order valence-corrected chi connectivity index (χ4v) is 4.87. The van der Waals surface area contributed by atoms with Crippen LogP contribution in [0.15, 0.2) is 35.3 Å². The molecule has 5 rings (SSSR count). The van der Waals surface area contributed by atoms with Crippen molar-refractivity contribution in [1.82, 2.24) is 9.88 Å². The molecule has 2 aromatic rings. The van der Waals surface area contributed by atoms with Gasteiger partial charge >= 0.3 is 0 Å². The molecule has 148 valence electrons. The van der Waals surface area contributed by atoms with E-state index in [9.17, 15) is 9.90 Å². The first-order valence-electron chi connectivity index (χ1n) is 10.2. The van der Waals surface area contributed by atoms with E-state index in [1.165, 1.54) is 0 Å². The first-order chi connectivity index (χ1) is 13.8. The zero-order valence-electron chi connectivity index (χ0n) is 17.1. The van der Waals surface area contributed by atoms with E-state index >= 15 is 0 Å². The first-order valence-corrected chi connectivity index (χ1v) is 10.2. The fraction of sp³-hybridized carbons (Fsp3) is 0.375. The second kappa shape index (κ2) is 6.10. The Labute approximate surface area is 170 Å². The van der Waals surface area contributed by atoms with E-state index in [-0.39, 0.29) is 17.9 Å². The number of carbonyl (C=O) groups is 1. The number of benzene rings is 1. The van der Waals surface area contributed by atoms with Crippen LogP contribution in [0, 0.1) is 12.3 Å². The van der Waals surface area contributed by atoms with E-state index in [1.54, 1.807) is 0 Å². The first kappa shape index (κ1) is 18.3. The summed E-state index contributed by atoms with van der Waals surface area (Å²) in [5.74, 6) is 1.07. The van der Waals surface area contributed by atoms with Gasteiger partial charge in [0.1, 0.15) is 5.84 Å². The van der Waals surface area contributed by atoms with Gasteiger partial charge in [-0.2, -0.15) is 0 Å². The Kier molecular flexibility index (Phi) is 3.84. The SMILES string of the molecule is Cc1ccc2c(c1)C(=O)[C@]1(C)CCN(C3(C)C=c4ccc(CO)nc4=CC3)C1=N2. The summed E-state index contributed by atoms with van der Waals surface area (Å²) in [6.45, 7) is 7.00. The molecule has 0 spiro atoms. The van der Waals surface area contributed by atoms with Gasteiger partial charge in [0.15, 0.2) is 5.78 Å². The number of carbonyl (C=O) groups excluding carboxylic acids is 1. The molecule has 2 atom stereocenters. The number of aliphatic hydroxyl groups is 1. The molecular formula is C24H25N3O2. The number of hydrogen-bond acceptors (Lipinski definition) is 5. The molecule has 29 heavy (non-hydrogen) atoms. The molecule has 1 fully saturated rings. The van der Waals surface area contributed by atoms with Gasteiger partial charge in [-0.1, -0.05) is 23.8 Å². The summed E-state index contributed by atoms with van der Waals surface area (Å²) in [6, 6.07) is 9.82. The van der Waals surface area contributed by atoms with Crippen LogP contribution in [-0.2, 0) is 6.61 Å². The van der Waals surface area contributed by atoms with Crippen LogP contribution in [-0.4, -0.2) is 38.7 Å². The third kappa shape index (κ3) is 2.60. The van der Waals surface area contributed by atoms with Crippen molar-refractivity contribution in [3.63, 3.8) is 0 Å². The largest absolute Gasteiger partial charge is 0.390 e. The number of nitrogens with zero attached hydrogens (tertiary/aromatic N) is 3. The molecule has 0 radical (unpaired) electrons. The van der Waals surface area contributed by atoms with Crippen molar-refractivity contribution in [3.05, 3.63) is 57.7 Å². The normalized spacial score (nSPS) is 27.4. The second-order valence-corrected chi connectivity index (χ2v) is 8.86. The Morgan fingerprint density at radius 3 is 2.83 bits per heavy atom. The molecule has 3 aliphatic rings. The monoisotopic (exact) mass is 387 g/mol. The summed E-state index contributed by atoms with van der Waals surface area (Å²) in [4.78, 5) is 25.3. The highest BCUT2D eigenvalue weighted by Gasteiger charge is 2.53. The smallest absolute Gasteiger partial charge is 0.178 e. The van der Waals surface area contributed by atoms with Crippen LogP contribution in [0.3, 0.4) is 0 Å². The van der Waals surface area contributed by atoms with E-state index in [0.717, 1.165) is 52.6 Å². The molecule has 0 saturated carbocycles. The van der Waals surface area contributed by atoms with E-state index in [4.69, 9.17) is 4.99 Å². The lowest BCUT2D eigenvalue weighted by Crippen LogP contribution is -2.53. The summed E-state index contributed by atoms with van der Waals surface area (Å²) in [7, 11) is 0. The maximum Gasteiger partial charge on any atom is 0.178 e. The van der Waals surface area contributed by atoms with Crippen LogP contribution in [0.5, 0.6) is 0 Å². The van der Waals surface area contributed by atoms with Crippen molar-refractivity contribution in [2.24, 2.45) is 10.4 Å². The predicted molar refractivity (Wildman–Crippen MR) is 113 cm³/mol. The molecule has 1 saturated heterocycles. The molecule has 5 heteroatoms. The molecule has 1 aliphatic carbocycles. The summed E-state index contributed by atoms with van der Waals surface area (Å²) in [5, 5.41) is 11.3. The van der Waals surface area contributed by atoms with Gasteiger partial charge in [0.2, 0.25) is 0 Å². The summed E-state index contributed by atoms with van der Waals surface area (Å²) < 4.78 is 0. The van der Waals surface area contributed by atoms with Gasteiger partial charge in [0.25, 0.3) is 0 Å². The molecular weight excluding hydrogens is 362 g/mol. The van der Waals surface area contributed by atoms with Crippen molar-refractivity contribution in [2.45, 2.75) is 45.8 Å². The van der Waals surface area contributed by atoms with Gasteiger partial charge in [-0.3, -0.25) is 9.78 Å². The number of likely N-dealkylation sites (tertiary alicyclic amines) is 1. The fourth-order valence-electron chi connectivity index (χ4n) is 4.87. The van der Waals surface area contributed by atoms with Gasteiger partial charge in [-0.25, -0.2) is 4.99 Å². The summed E-state index contributed by atoms with van der Waals surface area (Å²) in [5.41, 5.74) is 2.44. The number of fused-ring (bicyclic) bond motifs is 3. The van der Waals surface area contributed by atoms with Gasteiger partial charge in [-0.05, 0) is 63.1 Å².